The molecule has 1 aromatic heterocycles. The van der Waals surface area contributed by atoms with Crippen molar-refractivity contribution in [2.75, 3.05) is 17.2 Å². The first-order valence-corrected chi connectivity index (χ1v) is 7.86. The molecule has 0 bridgehead atoms. The molecule has 0 unspecified atom stereocenters. The van der Waals surface area contributed by atoms with E-state index in [0.29, 0.717) is 34.6 Å². The zero-order valence-corrected chi connectivity index (χ0v) is 13.8. The molecule has 3 N–H and O–H groups in total. The number of nitrogens with one attached hydrogen (secondary N) is 3. The summed E-state index contributed by atoms with van der Waals surface area (Å²) in [6, 6.07) is 11.9. The number of benzene rings is 2. The number of rotatable bonds is 4. The fourth-order valence-corrected chi connectivity index (χ4v) is 2.50. The van der Waals surface area contributed by atoms with Crippen LogP contribution < -0.4 is 15.4 Å². The lowest BCUT2D eigenvalue weighted by Gasteiger charge is -2.12. The van der Waals surface area contributed by atoms with Crippen LogP contribution >= 0.6 is 0 Å². The van der Waals surface area contributed by atoms with Gasteiger partial charge in [0.1, 0.15) is 11.4 Å². The Balaban J connectivity index is 1.75. The molecule has 1 heterocycles. The molecular weight excluding hydrogens is 347 g/mol. The number of ether oxygens (including phenoxy) is 1. The molecule has 2 aromatic carbocycles. The minimum atomic E-state index is -4.45. The van der Waals surface area contributed by atoms with Gasteiger partial charge in [0.25, 0.3) is 0 Å². The molecule has 0 fully saturated rings. The summed E-state index contributed by atoms with van der Waals surface area (Å²) in [5, 5.41) is 5.61. The van der Waals surface area contributed by atoms with Crippen molar-refractivity contribution in [2.45, 2.75) is 13.1 Å². The number of fused-ring (bicyclic) bond motifs is 1. The van der Waals surface area contributed by atoms with Gasteiger partial charge in [-0.05, 0) is 43.3 Å². The van der Waals surface area contributed by atoms with Crippen molar-refractivity contribution >= 4 is 28.3 Å². The standard InChI is InChI=1S/C18H16F3N3O2/c1-2-26-15-6-4-3-5-14(15)24-17(25)22-12-7-8-13-11(9-12)10-16(23-13)18(19,20)21/h3-10,23H,2H2,1H3,(H2,22,24,25). The number of hydrogen-bond donors (Lipinski definition) is 3. The molecular formula is C18H16F3N3O2. The van der Waals surface area contributed by atoms with E-state index in [4.69, 9.17) is 4.74 Å². The van der Waals surface area contributed by atoms with Gasteiger partial charge in [0.15, 0.2) is 0 Å². The highest BCUT2D eigenvalue weighted by atomic mass is 19.4. The fraction of sp³-hybridized carbons (Fsp3) is 0.167. The first-order valence-electron chi connectivity index (χ1n) is 7.86. The molecule has 0 saturated carbocycles. The van der Waals surface area contributed by atoms with Crippen LogP contribution in [0.5, 0.6) is 5.75 Å². The van der Waals surface area contributed by atoms with Crippen molar-refractivity contribution in [3.05, 3.63) is 54.2 Å². The quantitative estimate of drug-likeness (QED) is 0.594. The highest BCUT2D eigenvalue weighted by Crippen LogP contribution is 2.32. The highest BCUT2D eigenvalue weighted by Gasteiger charge is 2.32. The fourth-order valence-electron chi connectivity index (χ4n) is 2.50. The van der Waals surface area contributed by atoms with E-state index in [1.54, 1.807) is 24.3 Å². The number of anilines is 2. The zero-order chi connectivity index (χ0) is 18.7. The molecule has 136 valence electrons. The Morgan fingerprint density at radius 3 is 2.62 bits per heavy atom. The van der Waals surface area contributed by atoms with E-state index in [0.717, 1.165) is 6.07 Å². The molecule has 3 rings (SSSR count). The number of aromatic nitrogens is 1. The van der Waals surface area contributed by atoms with Crippen molar-refractivity contribution in [1.29, 1.82) is 0 Å². The van der Waals surface area contributed by atoms with Crippen LogP contribution in [-0.4, -0.2) is 17.6 Å². The van der Waals surface area contributed by atoms with Crippen molar-refractivity contribution in [2.24, 2.45) is 0 Å². The third-order valence-electron chi connectivity index (χ3n) is 3.62. The molecule has 2 amide bonds. The Labute approximate surface area is 147 Å². The summed E-state index contributed by atoms with van der Waals surface area (Å²) < 4.78 is 43.7. The van der Waals surface area contributed by atoms with Crippen LogP contribution in [0.2, 0.25) is 0 Å². The van der Waals surface area contributed by atoms with Crippen molar-refractivity contribution in [3.8, 4) is 5.75 Å². The first-order chi connectivity index (χ1) is 12.4. The monoisotopic (exact) mass is 363 g/mol. The molecule has 0 atom stereocenters. The maximum absolute atomic E-state index is 12.8. The summed E-state index contributed by atoms with van der Waals surface area (Å²) in [4.78, 5) is 14.5. The van der Waals surface area contributed by atoms with Crippen molar-refractivity contribution < 1.29 is 22.7 Å². The summed E-state index contributed by atoms with van der Waals surface area (Å²) in [5.74, 6) is 0.529. The van der Waals surface area contributed by atoms with Crippen LogP contribution in [0.1, 0.15) is 12.6 Å². The van der Waals surface area contributed by atoms with Crippen LogP contribution in [0.15, 0.2) is 48.5 Å². The second kappa shape index (κ2) is 6.99. The molecule has 0 spiro atoms. The molecule has 8 heteroatoms. The molecule has 5 nitrogen and oxygen atoms in total. The van der Waals surface area contributed by atoms with Gasteiger partial charge in [-0.1, -0.05) is 12.1 Å². The van der Waals surface area contributed by atoms with Gasteiger partial charge in [-0.25, -0.2) is 4.79 Å². The van der Waals surface area contributed by atoms with Gasteiger partial charge in [-0.3, -0.25) is 0 Å². The minimum absolute atomic E-state index is 0.338. The number of carbonyl (C=O) groups is 1. The minimum Gasteiger partial charge on any atom is -0.492 e. The van der Waals surface area contributed by atoms with Crippen LogP contribution in [0.4, 0.5) is 29.3 Å². The molecule has 0 radical (unpaired) electrons. The Kier molecular flexibility index (Phi) is 4.75. The number of amides is 2. The summed E-state index contributed by atoms with van der Waals surface area (Å²) in [7, 11) is 0. The average molecular weight is 363 g/mol. The van der Waals surface area contributed by atoms with Crippen molar-refractivity contribution in [3.63, 3.8) is 0 Å². The SMILES string of the molecule is CCOc1ccccc1NC(=O)Nc1ccc2[nH]c(C(F)(F)F)cc2c1. The van der Waals surface area contributed by atoms with E-state index in [-0.39, 0.29) is 0 Å². The number of hydrogen-bond acceptors (Lipinski definition) is 2. The van der Waals surface area contributed by atoms with E-state index < -0.39 is 17.9 Å². The van der Waals surface area contributed by atoms with Gasteiger partial charge in [0.05, 0.1) is 12.3 Å². The van der Waals surface area contributed by atoms with Crippen LogP contribution in [0.3, 0.4) is 0 Å². The number of H-pyrrole nitrogens is 1. The smallest absolute Gasteiger partial charge is 0.431 e. The molecule has 0 aliphatic rings. The summed E-state index contributed by atoms with van der Waals surface area (Å²) >= 11 is 0. The maximum atomic E-state index is 12.8. The molecule has 3 aromatic rings. The van der Waals surface area contributed by atoms with Gasteiger partial charge in [0.2, 0.25) is 0 Å². The summed E-state index contributed by atoms with van der Waals surface area (Å²) in [5.41, 5.74) is 0.371. The molecule has 0 saturated heterocycles. The average Bonchev–Trinajstić information content (AvgIpc) is 3.00. The number of aromatic amines is 1. The summed E-state index contributed by atoms with van der Waals surface area (Å²) in [6.45, 7) is 2.28. The largest absolute Gasteiger partial charge is 0.492 e. The van der Waals surface area contributed by atoms with Gasteiger partial charge in [0, 0.05) is 16.6 Å². The molecule has 26 heavy (non-hydrogen) atoms. The number of para-hydroxylation sites is 2. The van der Waals surface area contributed by atoms with Crippen molar-refractivity contribution in [1.82, 2.24) is 4.98 Å². The molecule has 0 aliphatic carbocycles. The van der Waals surface area contributed by atoms with Crippen LogP contribution in [0, 0.1) is 0 Å². The van der Waals surface area contributed by atoms with Gasteiger partial charge < -0.3 is 20.4 Å². The predicted molar refractivity (Wildman–Crippen MR) is 93.6 cm³/mol. The second-order valence-corrected chi connectivity index (χ2v) is 5.49. The van der Waals surface area contributed by atoms with E-state index in [9.17, 15) is 18.0 Å². The summed E-state index contributed by atoms with van der Waals surface area (Å²) in [6.07, 6.45) is -4.45. The molecule has 0 aliphatic heterocycles. The normalized spacial score (nSPS) is 11.4. The Morgan fingerprint density at radius 1 is 1.12 bits per heavy atom. The van der Waals surface area contributed by atoms with Gasteiger partial charge in [-0.2, -0.15) is 13.2 Å². The first kappa shape index (κ1) is 17.7. The lowest BCUT2D eigenvalue weighted by molar-refractivity contribution is -0.140. The van der Waals surface area contributed by atoms with E-state index >= 15 is 0 Å². The van der Waals surface area contributed by atoms with Gasteiger partial charge in [-0.15, -0.1) is 0 Å². The van der Waals surface area contributed by atoms with Crippen LogP contribution in [-0.2, 0) is 6.18 Å². The number of urea groups is 1. The number of halogens is 3. The predicted octanol–water partition coefficient (Wildman–Crippen LogP) is 5.23. The van der Waals surface area contributed by atoms with E-state index in [2.05, 4.69) is 15.6 Å². The van der Waals surface area contributed by atoms with Gasteiger partial charge >= 0.3 is 12.2 Å². The van der Waals surface area contributed by atoms with Crippen LogP contribution in [0.25, 0.3) is 10.9 Å². The Morgan fingerprint density at radius 2 is 1.88 bits per heavy atom. The van der Waals surface area contributed by atoms with E-state index in [1.807, 2.05) is 6.92 Å². The number of carbonyl (C=O) groups excluding carboxylic acids is 1. The Hall–Kier alpha value is -3.16. The highest BCUT2D eigenvalue weighted by molar-refractivity contribution is 6.01. The topological polar surface area (TPSA) is 66.2 Å². The lowest BCUT2D eigenvalue weighted by atomic mass is 10.2. The third-order valence-corrected chi connectivity index (χ3v) is 3.62. The Bertz CT molecular complexity index is 935. The second-order valence-electron chi connectivity index (χ2n) is 5.49. The van der Waals surface area contributed by atoms with E-state index in [1.165, 1.54) is 18.2 Å². The maximum Gasteiger partial charge on any atom is 0.431 e. The third kappa shape index (κ3) is 3.90. The number of alkyl halides is 3. The lowest BCUT2D eigenvalue weighted by Crippen LogP contribution is -2.19. The zero-order valence-electron chi connectivity index (χ0n) is 13.8.